The van der Waals surface area contributed by atoms with Gasteiger partial charge in [-0.2, -0.15) is 0 Å². The van der Waals surface area contributed by atoms with Crippen molar-refractivity contribution in [3.8, 4) is 0 Å². The molecular formula is C20H31N3O4. The minimum atomic E-state index is -0.469. The Kier molecular flexibility index (Phi) is 7.45. The smallest absolute Gasteiger partial charge is 0.410 e. The first-order valence-corrected chi connectivity index (χ1v) is 9.58. The van der Waals surface area contributed by atoms with E-state index in [4.69, 9.17) is 9.47 Å². The third-order valence-corrected chi connectivity index (χ3v) is 4.41. The van der Waals surface area contributed by atoms with Gasteiger partial charge in [-0.15, -0.1) is 0 Å². The second kappa shape index (κ2) is 9.58. The van der Waals surface area contributed by atoms with Crippen molar-refractivity contribution in [2.24, 2.45) is 5.92 Å². The number of nitrogens with zero attached hydrogens (tertiary/aromatic N) is 2. The van der Waals surface area contributed by atoms with Crippen LogP contribution in [-0.4, -0.2) is 53.8 Å². The molecule has 1 aliphatic heterocycles. The Morgan fingerprint density at radius 3 is 2.63 bits per heavy atom. The van der Waals surface area contributed by atoms with Crippen molar-refractivity contribution in [3.05, 3.63) is 24.0 Å². The number of aromatic nitrogens is 1. The molecule has 1 saturated heterocycles. The number of likely N-dealkylation sites (tertiary alicyclic amines) is 1. The fourth-order valence-electron chi connectivity index (χ4n) is 3.10. The van der Waals surface area contributed by atoms with Gasteiger partial charge >= 0.3 is 12.1 Å². The van der Waals surface area contributed by atoms with E-state index in [0.29, 0.717) is 25.6 Å². The molecule has 1 aromatic rings. The summed E-state index contributed by atoms with van der Waals surface area (Å²) in [4.78, 5) is 29.7. The van der Waals surface area contributed by atoms with Crippen LogP contribution in [0.1, 0.15) is 46.1 Å². The summed E-state index contributed by atoms with van der Waals surface area (Å²) in [6.45, 7) is 9.35. The van der Waals surface area contributed by atoms with Gasteiger partial charge < -0.3 is 19.7 Å². The zero-order chi connectivity index (χ0) is 19.9. The minimum absolute atomic E-state index is 0.141. The maximum atomic E-state index is 12.2. The molecule has 0 spiro atoms. The van der Waals surface area contributed by atoms with E-state index < -0.39 is 5.60 Å². The van der Waals surface area contributed by atoms with Crippen molar-refractivity contribution in [1.82, 2.24) is 9.88 Å². The number of carbonyl (C=O) groups excluding carboxylic acids is 2. The molecule has 1 aliphatic rings. The lowest BCUT2D eigenvalue weighted by molar-refractivity contribution is -0.140. The molecule has 0 aromatic carbocycles. The van der Waals surface area contributed by atoms with Crippen LogP contribution < -0.4 is 5.32 Å². The van der Waals surface area contributed by atoms with Gasteiger partial charge in [-0.1, -0.05) is 0 Å². The largest absolute Gasteiger partial charge is 0.465 e. The van der Waals surface area contributed by atoms with Gasteiger partial charge in [0, 0.05) is 31.2 Å². The summed E-state index contributed by atoms with van der Waals surface area (Å²) in [7, 11) is 0. The second-order valence-electron chi connectivity index (χ2n) is 7.81. The van der Waals surface area contributed by atoms with Crippen LogP contribution in [0.5, 0.6) is 0 Å². The number of hydrogen-bond donors (Lipinski definition) is 1. The number of piperidine rings is 1. The Hall–Kier alpha value is -2.31. The number of esters is 1. The maximum absolute atomic E-state index is 12.2. The molecule has 1 aromatic heterocycles. The maximum Gasteiger partial charge on any atom is 0.410 e. The number of carbonyl (C=O) groups is 2. The van der Waals surface area contributed by atoms with E-state index in [1.807, 2.05) is 33.0 Å². The molecule has 1 amide bonds. The fraction of sp³-hybridized carbons (Fsp3) is 0.650. The van der Waals surface area contributed by atoms with Crippen LogP contribution in [0.25, 0.3) is 0 Å². The highest BCUT2D eigenvalue weighted by molar-refractivity contribution is 5.75. The van der Waals surface area contributed by atoms with Gasteiger partial charge in [-0.3, -0.25) is 9.78 Å². The molecule has 0 radical (unpaired) electrons. The van der Waals surface area contributed by atoms with Crippen LogP contribution in [-0.2, 0) is 20.7 Å². The van der Waals surface area contributed by atoms with Crippen molar-refractivity contribution < 1.29 is 19.1 Å². The van der Waals surface area contributed by atoms with Crippen LogP contribution in [0.3, 0.4) is 0 Å². The van der Waals surface area contributed by atoms with Gasteiger partial charge in [0.25, 0.3) is 0 Å². The van der Waals surface area contributed by atoms with Crippen molar-refractivity contribution in [2.75, 3.05) is 31.6 Å². The summed E-state index contributed by atoms with van der Waals surface area (Å²) in [6, 6.07) is 1.88. The highest BCUT2D eigenvalue weighted by Crippen LogP contribution is 2.26. The summed E-state index contributed by atoms with van der Waals surface area (Å²) in [6.07, 6.45) is 6.02. The predicted molar refractivity (Wildman–Crippen MR) is 104 cm³/mol. The van der Waals surface area contributed by atoms with Gasteiger partial charge in [-0.25, -0.2) is 4.79 Å². The molecule has 1 fully saturated rings. The summed E-state index contributed by atoms with van der Waals surface area (Å²) in [5, 5.41) is 3.14. The van der Waals surface area contributed by atoms with Crippen molar-refractivity contribution >= 4 is 17.7 Å². The number of rotatable bonds is 6. The van der Waals surface area contributed by atoms with Crippen molar-refractivity contribution in [1.29, 1.82) is 0 Å². The van der Waals surface area contributed by atoms with Crippen LogP contribution >= 0.6 is 0 Å². The summed E-state index contributed by atoms with van der Waals surface area (Å²) in [5.41, 5.74) is 1.52. The van der Waals surface area contributed by atoms with E-state index in [0.717, 1.165) is 30.5 Å². The zero-order valence-electron chi connectivity index (χ0n) is 16.8. The molecule has 7 nitrogen and oxygen atoms in total. The normalized spacial score (nSPS) is 15.3. The lowest BCUT2D eigenvalue weighted by Gasteiger charge is -2.33. The quantitative estimate of drug-likeness (QED) is 0.767. The highest BCUT2D eigenvalue weighted by Gasteiger charge is 2.27. The monoisotopic (exact) mass is 377 g/mol. The van der Waals surface area contributed by atoms with E-state index in [1.54, 1.807) is 18.0 Å². The van der Waals surface area contributed by atoms with E-state index in [-0.39, 0.29) is 18.6 Å². The number of pyridine rings is 1. The van der Waals surface area contributed by atoms with Gasteiger partial charge in [0.2, 0.25) is 0 Å². The first-order valence-electron chi connectivity index (χ1n) is 9.58. The molecule has 27 heavy (non-hydrogen) atoms. The minimum Gasteiger partial charge on any atom is -0.465 e. The number of ether oxygens (including phenoxy) is 2. The number of hydrogen-bond acceptors (Lipinski definition) is 6. The van der Waals surface area contributed by atoms with Gasteiger partial charge in [0.1, 0.15) is 12.1 Å². The molecule has 0 bridgehead atoms. The van der Waals surface area contributed by atoms with E-state index in [1.165, 1.54) is 0 Å². The van der Waals surface area contributed by atoms with Crippen molar-refractivity contribution in [2.45, 2.75) is 52.6 Å². The number of anilines is 1. The molecule has 0 saturated carbocycles. The van der Waals surface area contributed by atoms with Gasteiger partial charge in [0.15, 0.2) is 0 Å². The van der Waals surface area contributed by atoms with Crippen LogP contribution in [0.4, 0.5) is 10.5 Å². The fourth-order valence-corrected chi connectivity index (χ4v) is 3.10. The lowest BCUT2D eigenvalue weighted by atomic mass is 9.90. The molecule has 2 heterocycles. The summed E-state index contributed by atoms with van der Waals surface area (Å²) < 4.78 is 10.4. The van der Waals surface area contributed by atoms with Crippen LogP contribution in [0.2, 0.25) is 0 Å². The van der Waals surface area contributed by atoms with Gasteiger partial charge in [0.05, 0.1) is 6.61 Å². The number of amides is 1. The standard InChI is InChI=1S/C20H31N3O4/c1-5-26-18(24)14-22-17-6-9-21-13-16(17)12-15-7-10-23(11-8-15)19(25)27-20(2,3)4/h6,9,13,15H,5,7-8,10-12,14H2,1-4H3,(H,21,22). The summed E-state index contributed by atoms with van der Waals surface area (Å²) in [5.74, 6) is 0.196. The summed E-state index contributed by atoms with van der Waals surface area (Å²) >= 11 is 0. The molecule has 0 aliphatic carbocycles. The molecular weight excluding hydrogens is 346 g/mol. The average Bonchev–Trinajstić information content (AvgIpc) is 2.60. The molecule has 1 N–H and O–H groups in total. The Morgan fingerprint density at radius 1 is 1.30 bits per heavy atom. The topological polar surface area (TPSA) is 80.8 Å². The third-order valence-electron chi connectivity index (χ3n) is 4.41. The first-order chi connectivity index (χ1) is 12.8. The van der Waals surface area contributed by atoms with Crippen LogP contribution in [0.15, 0.2) is 18.5 Å². The SMILES string of the molecule is CCOC(=O)CNc1ccncc1CC1CCN(C(=O)OC(C)(C)C)CC1. The van der Waals surface area contributed by atoms with E-state index in [2.05, 4.69) is 10.3 Å². The van der Waals surface area contributed by atoms with Crippen LogP contribution in [0, 0.1) is 5.92 Å². The van der Waals surface area contributed by atoms with Crippen molar-refractivity contribution in [3.63, 3.8) is 0 Å². The predicted octanol–water partition coefficient (Wildman–Crippen LogP) is 3.25. The molecule has 0 unspecified atom stereocenters. The number of nitrogens with one attached hydrogen (secondary N) is 1. The zero-order valence-corrected chi connectivity index (χ0v) is 16.8. The molecule has 7 heteroatoms. The Bertz CT molecular complexity index is 634. The third kappa shape index (κ3) is 7.07. The Balaban J connectivity index is 1.86. The first kappa shape index (κ1) is 21.0. The Morgan fingerprint density at radius 2 is 2.00 bits per heavy atom. The highest BCUT2D eigenvalue weighted by atomic mass is 16.6. The van der Waals surface area contributed by atoms with Gasteiger partial charge in [-0.05, 0) is 64.5 Å². The lowest BCUT2D eigenvalue weighted by Crippen LogP contribution is -2.42. The molecule has 150 valence electrons. The Labute approximate surface area is 161 Å². The second-order valence-corrected chi connectivity index (χ2v) is 7.81. The van der Waals surface area contributed by atoms with E-state index in [9.17, 15) is 9.59 Å². The molecule has 2 rings (SSSR count). The average molecular weight is 377 g/mol. The molecule has 0 atom stereocenters. The van der Waals surface area contributed by atoms with E-state index >= 15 is 0 Å².